The van der Waals surface area contributed by atoms with Crippen LogP contribution in [0.1, 0.15) is 71.0 Å². The molecule has 1 aliphatic heterocycles. The number of hydrogen-bond acceptors (Lipinski definition) is 5. The molecule has 5 fully saturated rings. The predicted octanol–water partition coefficient (Wildman–Crippen LogP) is 2.74. The molecule has 0 spiro atoms. The van der Waals surface area contributed by atoms with Gasteiger partial charge in [-0.15, -0.1) is 10.2 Å². The molecule has 150 valence electrons. The highest BCUT2D eigenvalue weighted by molar-refractivity contribution is 5.14. The Labute approximate surface area is 163 Å². The first-order valence-electron chi connectivity index (χ1n) is 11.2. The first-order valence-corrected chi connectivity index (χ1v) is 11.2. The van der Waals surface area contributed by atoms with Gasteiger partial charge in [-0.1, -0.05) is 13.8 Å². The minimum atomic E-state index is 0.122. The number of nitrogens with one attached hydrogen (secondary N) is 1. The van der Waals surface area contributed by atoms with Gasteiger partial charge in [0.1, 0.15) is 0 Å². The van der Waals surface area contributed by atoms with E-state index in [0.29, 0.717) is 11.6 Å². The summed E-state index contributed by atoms with van der Waals surface area (Å²) in [7, 11) is 0. The van der Waals surface area contributed by atoms with Crippen LogP contribution in [0.2, 0.25) is 0 Å². The first-order chi connectivity index (χ1) is 12.9. The summed E-state index contributed by atoms with van der Waals surface area (Å²) in [6.07, 6.45) is 10.5. The molecule has 5 aliphatic rings. The number of piperidine rings is 1. The molecule has 4 bridgehead atoms. The van der Waals surface area contributed by atoms with Gasteiger partial charge in [-0.05, 0) is 94.3 Å². The molecule has 6 nitrogen and oxygen atoms in total. The van der Waals surface area contributed by atoms with Crippen LogP contribution >= 0.6 is 0 Å². The van der Waals surface area contributed by atoms with Crippen molar-refractivity contribution in [1.82, 2.24) is 30.4 Å². The van der Waals surface area contributed by atoms with E-state index >= 15 is 0 Å². The molecule has 0 amide bonds. The standard InChI is InChI=1S/C21H36N6/c1-15(2)13-26-6-4-19(5-7-26)22-20-9-17-8-18(10-20)12-21(11-17,14-20)27-24-16(3)23-25-27/h15,17-19,22H,4-14H2,1-3H3. The summed E-state index contributed by atoms with van der Waals surface area (Å²) < 4.78 is 0. The molecule has 4 saturated carbocycles. The zero-order valence-corrected chi connectivity index (χ0v) is 17.3. The van der Waals surface area contributed by atoms with E-state index in [4.69, 9.17) is 0 Å². The molecule has 4 aliphatic carbocycles. The Morgan fingerprint density at radius 3 is 2.41 bits per heavy atom. The zero-order chi connectivity index (χ0) is 18.6. The van der Waals surface area contributed by atoms with E-state index in [9.17, 15) is 0 Å². The molecule has 1 saturated heterocycles. The topological polar surface area (TPSA) is 58.9 Å². The van der Waals surface area contributed by atoms with Crippen LogP contribution in [0.5, 0.6) is 0 Å². The number of likely N-dealkylation sites (tertiary alicyclic amines) is 1. The van der Waals surface area contributed by atoms with Crippen LogP contribution in [0.4, 0.5) is 0 Å². The van der Waals surface area contributed by atoms with Crippen molar-refractivity contribution in [2.45, 2.75) is 89.3 Å². The summed E-state index contributed by atoms with van der Waals surface area (Å²) in [5, 5.41) is 17.6. The lowest BCUT2D eigenvalue weighted by atomic mass is 9.50. The van der Waals surface area contributed by atoms with Crippen molar-refractivity contribution >= 4 is 0 Å². The van der Waals surface area contributed by atoms with Gasteiger partial charge in [0.2, 0.25) is 0 Å². The highest BCUT2D eigenvalue weighted by Crippen LogP contribution is 2.60. The van der Waals surface area contributed by atoms with Gasteiger partial charge in [-0.2, -0.15) is 4.80 Å². The van der Waals surface area contributed by atoms with Gasteiger partial charge in [0.05, 0.1) is 5.54 Å². The molecule has 6 rings (SSSR count). The second-order valence-electron chi connectivity index (χ2n) is 10.7. The summed E-state index contributed by atoms with van der Waals surface area (Å²) in [4.78, 5) is 4.67. The van der Waals surface area contributed by atoms with Crippen molar-refractivity contribution in [1.29, 1.82) is 0 Å². The number of aryl methyl sites for hydroxylation is 1. The summed E-state index contributed by atoms with van der Waals surface area (Å²) >= 11 is 0. The van der Waals surface area contributed by atoms with Gasteiger partial charge in [0.15, 0.2) is 5.82 Å². The van der Waals surface area contributed by atoms with Crippen molar-refractivity contribution < 1.29 is 0 Å². The molecular weight excluding hydrogens is 336 g/mol. The Morgan fingerprint density at radius 2 is 1.81 bits per heavy atom. The van der Waals surface area contributed by atoms with E-state index in [0.717, 1.165) is 23.6 Å². The van der Waals surface area contributed by atoms with Crippen molar-refractivity contribution in [3.05, 3.63) is 5.82 Å². The minimum Gasteiger partial charge on any atom is -0.308 e. The van der Waals surface area contributed by atoms with Crippen molar-refractivity contribution in [2.75, 3.05) is 19.6 Å². The monoisotopic (exact) mass is 372 g/mol. The highest BCUT2D eigenvalue weighted by Gasteiger charge is 2.60. The van der Waals surface area contributed by atoms with Crippen LogP contribution in [0.15, 0.2) is 0 Å². The minimum absolute atomic E-state index is 0.122. The number of hydrogen-bond donors (Lipinski definition) is 1. The quantitative estimate of drug-likeness (QED) is 0.861. The van der Waals surface area contributed by atoms with Crippen molar-refractivity contribution in [2.24, 2.45) is 17.8 Å². The average Bonchev–Trinajstić information content (AvgIpc) is 3.02. The first kappa shape index (κ1) is 18.0. The summed E-state index contributed by atoms with van der Waals surface area (Å²) in [6, 6.07) is 0.687. The fraction of sp³-hybridized carbons (Fsp3) is 0.952. The Morgan fingerprint density at radius 1 is 1.11 bits per heavy atom. The van der Waals surface area contributed by atoms with Crippen LogP contribution < -0.4 is 5.32 Å². The second kappa shape index (κ2) is 6.51. The smallest absolute Gasteiger partial charge is 0.171 e. The molecule has 27 heavy (non-hydrogen) atoms. The van der Waals surface area contributed by atoms with E-state index in [1.54, 1.807) is 0 Å². The molecule has 2 unspecified atom stereocenters. The number of aromatic nitrogens is 4. The van der Waals surface area contributed by atoms with E-state index in [1.165, 1.54) is 71.0 Å². The molecule has 1 N–H and O–H groups in total. The number of nitrogens with zero attached hydrogens (tertiary/aromatic N) is 5. The maximum atomic E-state index is 4.68. The fourth-order valence-electron chi connectivity index (χ4n) is 7.31. The molecule has 0 radical (unpaired) electrons. The van der Waals surface area contributed by atoms with Crippen molar-refractivity contribution in [3.63, 3.8) is 0 Å². The lowest BCUT2D eigenvalue weighted by Crippen LogP contribution is -2.67. The molecule has 0 aromatic carbocycles. The molecule has 2 atom stereocenters. The van der Waals surface area contributed by atoms with Gasteiger partial charge in [0.25, 0.3) is 0 Å². The van der Waals surface area contributed by atoms with Crippen molar-refractivity contribution in [3.8, 4) is 0 Å². The Kier molecular flexibility index (Phi) is 4.35. The van der Waals surface area contributed by atoms with E-state index in [1.807, 2.05) is 11.7 Å². The normalized spacial score (nSPS) is 39.6. The Balaban J connectivity index is 1.30. The third-order valence-corrected chi connectivity index (χ3v) is 7.69. The second-order valence-corrected chi connectivity index (χ2v) is 10.7. The third kappa shape index (κ3) is 3.33. The average molecular weight is 373 g/mol. The SMILES string of the molecule is Cc1nnn(C23CC4CC(CC(NC5CCN(CC(C)C)CC5)(C4)C2)C3)n1. The predicted molar refractivity (Wildman–Crippen MR) is 105 cm³/mol. The largest absolute Gasteiger partial charge is 0.308 e. The van der Waals surface area contributed by atoms with E-state index in [2.05, 4.69) is 39.5 Å². The molecule has 1 aromatic rings. The van der Waals surface area contributed by atoms with Crippen LogP contribution in [0.25, 0.3) is 0 Å². The number of rotatable bonds is 5. The maximum absolute atomic E-state index is 4.68. The fourth-order valence-corrected chi connectivity index (χ4v) is 7.31. The summed E-state index contributed by atoms with van der Waals surface area (Å²) in [5.74, 6) is 3.26. The van der Waals surface area contributed by atoms with Crippen LogP contribution in [-0.2, 0) is 5.54 Å². The van der Waals surface area contributed by atoms with Gasteiger partial charge in [0, 0.05) is 18.1 Å². The van der Waals surface area contributed by atoms with Crippen LogP contribution in [-0.4, -0.2) is 56.3 Å². The lowest BCUT2D eigenvalue weighted by Gasteiger charge is -2.62. The van der Waals surface area contributed by atoms with Gasteiger partial charge in [-0.25, -0.2) is 0 Å². The highest BCUT2D eigenvalue weighted by atomic mass is 15.6. The summed E-state index contributed by atoms with van der Waals surface area (Å²) in [5.41, 5.74) is 0.438. The molecular formula is C21H36N6. The van der Waals surface area contributed by atoms with Gasteiger partial charge >= 0.3 is 0 Å². The zero-order valence-electron chi connectivity index (χ0n) is 17.3. The molecule has 2 heterocycles. The Bertz CT molecular complexity index is 660. The lowest BCUT2D eigenvalue weighted by molar-refractivity contribution is -0.0901. The molecule has 6 heteroatoms. The number of tetrazole rings is 1. The summed E-state index contributed by atoms with van der Waals surface area (Å²) in [6.45, 7) is 10.4. The van der Waals surface area contributed by atoms with Gasteiger partial charge in [-0.3, -0.25) is 0 Å². The van der Waals surface area contributed by atoms with Crippen LogP contribution in [0.3, 0.4) is 0 Å². The van der Waals surface area contributed by atoms with E-state index in [-0.39, 0.29) is 5.54 Å². The Hall–Kier alpha value is -1.01. The third-order valence-electron chi connectivity index (χ3n) is 7.69. The van der Waals surface area contributed by atoms with Gasteiger partial charge < -0.3 is 10.2 Å². The van der Waals surface area contributed by atoms with Crippen LogP contribution in [0, 0.1) is 24.7 Å². The maximum Gasteiger partial charge on any atom is 0.171 e. The van der Waals surface area contributed by atoms with E-state index < -0.39 is 0 Å². The molecule has 1 aromatic heterocycles.